The Hall–Kier alpha value is -2.14. The summed E-state index contributed by atoms with van der Waals surface area (Å²) in [7, 11) is 0. The minimum absolute atomic E-state index is 0.0765. The normalized spacial score (nSPS) is 12.5. The molecule has 0 N–H and O–H groups in total. The zero-order valence-corrected chi connectivity index (χ0v) is 38.8. The molecule has 0 aromatic carbocycles. The van der Waals surface area contributed by atoms with Crippen molar-refractivity contribution in [1.29, 1.82) is 0 Å². The largest absolute Gasteiger partial charge is 0.462 e. The van der Waals surface area contributed by atoms with Crippen LogP contribution in [0.4, 0.5) is 0 Å². The van der Waals surface area contributed by atoms with Gasteiger partial charge in [0.15, 0.2) is 6.10 Å². The highest BCUT2D eigenvalue weighted by Gasteiger charge is 2.17. The molecule has 0 bridgehead atoms. The third-order valence-electron chi connectivity index (χ3n) is 10.9. The van der Waals surface area contributed by atoms with E-state index < -0.39 is 6.10 Å². The highest BCUT2D eigenvalue weighted by atomic mass is 16.6. The fourth-order valence-electron chi connectivity index (χ4n) is 7.15. The van der Waals surface area contributed by atoms with Gasteiger partial charge < -0.3 is 14.2 Å². The smallest absolute Gasteiger partial charge is 0.306 e. The summed E-state index contributed by atoms with van der Waals surface area (Å²) in [6.07, 6.45) is 59.8. The summed E-state index contributed by atoms with van der Waals surface area (Å²) >= 11 is 0. The summed E-state index contributed by atoms with van der Waals surface area (Å²) in [4.78, 5) is 25.3. The molecule has 58 heavy (non-hydrogen) atoms. The van der Waals surface area contributed by atoms with Crippen molar-refractivity contribution in [3.05, 3.63) is 48.6 Å². The first-order chi connectivity index (χ1) is 28.6. The molecule has 0 aliphatic rings. The Kier molecular flexibility index (Phi) is 47.4. The van der Waals surface area contributed by atoms with Gasteiger partial charge in [-0.05, 0) is 57.8 Å². The molecule has 1 atom stereocenters. The number of carbonyl (C=O) groups is 2. The predicted molar refractivity (Wildman–Crippen MR) is 251 cm³/mol. The molecule has 0 aromatic rings. The molecule has 0 fully saturated rings. The molecule has 0 rings (SSSR count). The molecule has 0 amide bonds. The molecule has 0 aromatic heterocycles. The van der Waals surface area contributed by atoms with E-state index in [9.17, 15) is 9.59 Å². The van der Waals surface area contributed by atoms with Crippen LogP contribution in [0.3, 0.4) is 0 Å². The topological polar surface area (TPSA) is 61.8 Å². The van der Waals surface area contributed by atoms with Gasteiger partial charge in [-0.15, -0.1) is 0 Å². The highest BCUT2D eigenvalue weighted by Crippen LogP contribution is 2.15. The molecule has 0 saturated carbocycles. The molecular formula is C53H96O5. The summed E-state index contributed by atoms with van der Waals surface area (Å²) in [6, 6.07) is 0. The number of hydrogen-bond acceptors (Lipinski definition) is 5. The Labute approximate surface area is 361 Å². The lowest BCUT2D eigenvalue weighted by Crippen LogP contribution is -2.30. The molecule has 5 nitrogen and oxygen atoms in total. The zero-order valence-electron chi connectivity index (χ0n) is 38.8. The fraction of sp³-hybridized carbons (Fsp3) is 0.811. The number of rotatable bonds is 46. The Morgan fingerprint density at radius 2 is 0.776 bits per heavy atom. The molecule has 0 saturated heterocycles. The van der Waals surface area contributed by atoms with Crippen LogP contribution < -0.4 is 0 Å². The molecule has 0 aliphatic carbocycles. The van der Waals surface area contributed by atoms with E-state index in [0.717, 1.165) is 77.0 Å². The van der Waals surface area contributed by atoms with Crippen molar-refractivity contribution in [3.63, 3.8) is 0 Å². The number of hydrogen-bond donors (Lipinski definition) is 0. The monoisotopic (exact) mass is 813 g/mol. The van der Waals surface area contributed by atoms with E-state index in [0.29, 0.717) is 19.4 Å². The van der Waals surface area contributed by atoms with Crippen LogP contribution in [0.5, 0.6) is 0 Å². The minimum atomic E-state index is -0.546. The van der Waals surface area contributed by atoms with Gasteiger partial charge in [0.05, 0.1) is 6.61 Å². The first-order valence-corrected chi connectivity index (χ1v) is 25.2. The number of allylic oxidation sites excluding steroid dienone is 8. The van der Waals surface area contributed by atoms with Gasteiger partial charge in [-0.2, -0.15) is 0 Å². The lowest BCUT2D eigenvalue weighted by molar-refractivity contribution is -0.163. The van der Waals surface area contributed by atoms with Crippen LogP contribution in [0.25, 0.3) is 0 Å². The molecule has 0 radical (unpaired) electrons. The van der Waals surface area contributed by atoms with Crippen LogP contribution in [-0.4, -0.2) is 37.9 Å². The second-order valence-corrected chi connectivity index (χ2v) is 16.7. The first kappa shape index (κ1) is 55.9. The van der Waals surface area contributed by atoms with Gasteiger partial charge in [-0.1, -0.05) is 230 Å². The number of unbranched alkanes of at least 4 members (excludes halogenated alkanes) is 27. The molecular weight excluding hydrogens is 717 g/mol. The molecule has 0 aliphatic heterocycles. The van der Waals surface area contributed by atoms with Gasteiger partial charge >= 0.3 is 11.9 Å². The maximum atomic E-state index is 12.7. The van der Waals surface area contributed by atoms with Crippen LogP contribution >= 0.6 is 0 Å². The molecule has 0 heterocycles. The molecule has 338 valence electrons. The van der Waals surface area contributed by atoms with E-state index in [1.54, 1.807) is 0 Å². The van der Waals surface area contributed by atoms with Gasteiger partial charge in [0.1, 0.15) is 6.61 Å². The van der Waals surface area contributed by atoms with E-state index in [1.807, 2.05) is 0 Å². The lowest BCUT2D eigenvalue weighted by Gasteiger charge is -2.18. The Balaban J connectivity index is 4.21. The fourth-order valence-corrected chi connectivity index (χ4v) is 7.15. The molecule has 0 spiro atoms. The van der Waals surface area contributed by atoms with Gasteiger partial charge in [-0.3, -0.25) is 9.59 Å². The van der Waals surface area contributed by atoms with Crippen molar-refractivity contribution in [2.45, 2.75) is 258 Å². The van der Waals surface area contributed by atoms with Crippen LogP contribution in [-0.2, 0) is 23.8 Å². The second-order valence-electron chi connectivity index (χ2n) is 16.7. The van der Waals surface area contributed by atoms with E-state index in [1.165, 1.54) is 141 Å². The van der Waals surface area contributed by atoms with Gasteiger partial charge in [0.2, 0.25) is 0 Å². The van der Waals surface area contributed by atoms with E-state index in [2.05, 4.69) is 69.4 Å². The minimum Gasteiger partial charge on any atom is -0.462 e. The van der Waals surface area contributed by atoms with Crippen LogP contribution in [0.15, 0.2) is 48.6 Å². The third-order valence-corrected chi connectivity index (χ3v) is 10.9. The van der Waals surface area contributed by atoms with Gasteiger partial charge in [-0.25, -0.2) is 0 Å². The zero-order chi connectivity index (χ0) is 42.1. The number of ether oxygens (including phenoxy) is 3. The Morgan fingerprint density at radius 3 is 1.22 bits per heavy atom. The predicted octanol–water partition coefficient (Wildman–Crippen LogP) is 16.8. The van der Waals surface area contributed by atoms with E-state index in [-0.39, 0.29) is 25.2 Å². The van der Waals surface area contributed by atoms with Crippen molar-refractivity contribution in [1.82, 2.24) is 0 Å². The summed E-state index contributed by atoms with van der Waals surface area (Å²) < 4.78 is 17.3. The van der Waals surface area contributed by atoms with Crippen molar-refractivity contribution in [2.75, 3.05) is 19.8 Å². The standard InChI is InChI=1S/C53H96O5/c1-4-7-10-13-16-19-21-23-25-27-28-30-32-35-37-40-43-46-52(54)57-50-51(58-53(55)47-44-41-38-34-18-15-12-9-6-3)49-56-48-45-42-39-36-33-31-29-26-24-22-20-17-14-11-8-5-2/h8,11,17,20,24,26,31,33,51H,4-7,9-10,12-16,18-19,21-23,25,27-30,32,34-50H2,1-3H3/b11-8-,20-17-,26-24-,33-31-. The summed E-state index contributed by atoms with van der Waals surface area (Å²) in [6.45, 7) is 7.66. The third kappa shape index (κ3) is 46.5. The van der Waals surface area contributed by atoms with Crippen LogP contribution in [0.1, 0.15) is 252 Å². The van der Waals surface area contributed by atoms with Crippen molar-refractivity contribution in [3.8, 4) is 0 Å². The van der Waals surface area contributed by atoms with Gasteiger partial charge in [0, 0.05) is 19.4 Å². The number of carbonyl (C=O) groups excluding carboxylic acids is 2. The van der Waals surface area contributed by atoms with E-state index in [4.69, 9.17) is 14.2 Å². The average molecular weight is 813 g/mol. The second kappa shape index (κ2) is 49.2. The average Bonchev–Trinajstić information content (AvgIpc) is 3.22. The summed E-state index contributed by atoms with van der Waals surface area (Å²) in [5, 5.41) is 0. The van der Waals surface area contributed by atoms with Crippen molar-refractivity contribution < 1.29 is 23.8 Å². The SMILES string of the molecule is CC/C=C\C/C=C\C/C=C\C/C=C\CCCCCOCC(COC(=O)CCCCCCCCCCCCCCCCCCC)OC(=O)CCCCCCCCCCC. The molecule has 5 heteroatoms. The Bertz CT molecular complexity index is 966. The summed E-state index contributed by atoms with van der Waals surface area (Å²) in [5.74, 6) is -0.407. The van der Waals surface area contributed by atoms with Crippen LogP contribution in [0, 0.1) is 0 Å². The van der Waals surface area contributed by atoms with Crippen LogP contribution in [0.2, 0.25) is 0 Å². The highest BCUT2D eigenvalue weighted by molar-refractivity contribution is 5.70. The van der Waals surface area contributed by atoms with Crippen molar-refractivity contribution in [2.24, 2.45) is 0 Å². The summed E-state index contributed by atoms with van der Waals surface area (Å²) in [5.41, 5.74) is 0. The van der Waals surface area contributed by atoms with E-state index >= 15 is 0 Å². The molecule has 1 unspecified atom stereocenters. The quantitative estimate of drug-likeness (QED) is 0.0348. The maximum Gasteiger partial charge on any atom is 0.306 e. The number of esters is 2. The first-order valence-electron chi connectivity index (χ1n) is 25.2. The Morgan fingerprint density at radius 1 is 0.397 bits per heavy atom. The maximum absolute atomic E-state index is 12.7. The van der Waals surface area contributed by atoms with Crippen molar-refractivity contribution >= 4 is 11.9 Å². The lowest BCUT2D eigenvalue weighted by atomic mass is 10.0. The van der Waals surface area contributed by atoms with Gasteiger partial charge in [0.25, 0.3) is 0 Å².